The average molecular weight is 335 g/mol. The molecule has 0 aliphatic heterocycles. The number of nitrogen functional groups attached to an aromatic ring is 1. The van der Waals surface area contributed by atoms with Crippen molar-refractivity contribution in [1.29, 1.82) is 0 Å². The normalized spacial score (nSPS) is 12.3. The number of H-pyrrole nitrogens is 1. The van der Waals surface area contributed by atoms with Gasteiger partial charge in [-0.25, -0.2) is 0 Å². The van der Waals surface area contributed by atoms with Crippen molar-refractivity contribution in [3.8, 4) is 0 Å². The van der Waals surface area contributed by atoms with E-state index in [4.69, 9.17) is 5.73 Å². The number of fused-ring (bicyclic) bond motifs is 1. The smallest absolute Gasteiger partial charge is 0.336 e. The Morgan fingerprint density at radius 3 is 2.11 bits per heavy atom. The molecule has 0 aliphatic carbocycles. The summed E-state index contributed by atoms with van der Waals surface area (Å²) in [5.74, 6) is -0.594. The zero-order valence-corrected chi connectivity index (χ0v) is 14.3. The number of aromatic amines is 1. The first-order valence-corrected chi connectivity index (χ1v) is 7.18. The zero-order valence-electron chi connectivity index (χ0n) is 9.51. The summed E-state index contributed by atoms with van der Waals surface area (Å²) in [6, 6.07) is 3.23. The van der Waals surface area contributed by atoms with Crippen LogP contribution in [0.3, 0.4) is 0 Å². The Bertz CT molecular complexity index is 845. The van der Waals surface area contributed by atoms with E-state index in [2.05, 4.69) is 4.98 Å². The van der Waals surface area contributed by atoms with Crippen LogP contribution in [-0.4, -0.2) is 73.2 Å². The third kappa shape index (κ3) is 3.17. The first kappa shape index (κ1) is 17.0. The Morgan fingerprint density at radius 2 is 1.63 bits per heavy atom. The number of nitrogens with two attached hydrogens (primary N) is 1. The molecule has 0 fully saturated rings. The number of benzene rings is 1. The summed E-state index contributed by atoms with van der Waals surface area (Å²) in [6.45, 7) is 0. The van der Waals surface area contributed by atoms with Crippen LogP contribution in [0.5, 0.6) is 0 Å². The van der Waals surface area contributed by atoms with E-state index in [9.17, 15) is 24.6 Å². The SMILES string of the molecule is Nc1[nH]c2cccc(S(=O)(=O)F)c2c1S(=O)(=O)F.[K]. The van der Waals surface area contributed by atoms with Gasteiger partial charge in [0, 0.05) is 62.3 Å². The van der Waals surface area contributed by atoms with Crippen molar-refractivity contribution in [2.24, 2.45) is 0 Å². The number of hydrogen-bond acceptors (Lipinski definition) is 5. The summed E-state index contributed by atoms with van der Waals surface area (Å²) in [4.78, 5) is 0.244. The Balaban J connectivity index is 0.00000180. The summed E-state index contributed by atoms with van der Waals surface area (Å²) in [7, 11) is -10.5. The zero-order chi connectivity index (χ0) is 13.7. The van der Waals surface area contributed by atoms with Crippen LogP contribution in [0.25, 0.3) is 10.9 Å². The Morgan fingerprint density at radius 1 is 1.05 bits per heavy atom. The van der Waals surface area contributed by atoms with Crippen LogP contribution in [0.1, 0.15) is 0 Å². The van der Waals surface area contributed by atoms with Gasteiger partial charge in [0.15, 0.2) is 0 Å². The number of aromatic nitrogens is 1. The number of halogens is 2. The molecule has 1 radical (unpaired) electrons. The first-order valence-electron chi connectivity index (χ1n) is 4.42. The third-order valence-corrected chi connectivity index (χ3v) is 4.05. The van der Waals surface area contributed by atoms with Gasteiger partial charge in [0.05, 0.1) is 0 Å². The van der Waals surface area contributed by atoms with Gasteiger partial charge in [-0.2, -0.15) is 16.8 Å². The van der Waals surface area contributed by atoms with Crippen LogP contribution in [0.15, 0.2) is 28.0 Å². The summed E-state index contributed by atoms with van der Waals surface area (Å²) >= 11 is 0. The molecule has 0 saturated carbocycles. The van der Waals surface area contributed by atoms with Crippen molar-refractivity contribution < 1.29 is 24.6 Å². The van der Waals surface area contributed by atoms with E-state index in [1.54, 1.807) is 0 Å². The summed E-state index contributed by atoms with van der Waals surface area (Å²) in [6.07, 6.45) is 0. The molecule has 0 bridgehead atoms. The summed E-state index contributed by atoms with van der Waals surface area (Å²) in [5, 5.41) is -0.625. The van der Waals surface area contributed by atoms with Gasteiger partial charge in [-0.15, -0.1) is 7.77 Å². The van der Waals surface area contributed by atoms with Gasteiger partial charge >= 0.3 is 20.4 Å². The summed E-state index contributed by atoms with van der Waals surface area (Å²) < 4.78 is 69.7. The molecule has 2 aromatic rings. The van der Waals surface area contributed by atoms with Crippen molar-refractivity contribution >= 4 is 88.6 Å². The van der Waals surface area contributed by atoms with E-state index in [-0.39, 0.29) is 56.9 Å². The molecule has 0 spiro atoms. The molecule has 0 amide bonds. The topological polar surface area (TPSA) is 110 Å². The predicted molar refractivity (Wildman–Crippen MR) is 65.1 cm³/mol. The molecule has 1 heterocycles. The maximum absolute atomic E-state index is 13.1. The maximum Gasteiger partial charge on any atom is 0.336 e. The Kier molecular flexibility index (Phi) is 4.82. The summed E-state index contributed by atoms with van der Waals surface area (Å²) in [5.41, 5.74) is 5.16. The molecule has 0 aliphatic rings. The quantitative estimate of drug-likeness (QED) is 0.619. The standard InChI is InChI=1S/C8H6F2N2O4S2.K/c9-17(13,14)5-3-1-2-4-6(5)7(8(11)12-4)18(10,15)16;/h1-3,12H,11H2;. The van der Waals surface area contributed by atoms with Gasteiger partial charge in [0.25, 0.3) is 0 Å². The fourth-order valence-electron chi connectivity index (χ4n) is 1.66. The molecule has 0 atom stereocenters. The molecule has 1 aromatic heterocycles. The van der Waals surface area contributed by atoms with Gasteiger partial charge < -0.3 is 10.7 Å². The van der Waals surface area contributed by atoms with E-state index in [1.165, 1.54) is 12.1 Å². The molecule has 6 nitrogen and oxygen atoms in total. The Labute approximate surface area is 150 Å². The maximum atomic E-state index is 13.1. The van der Waals surface area contributed by atoms with Crippen LogP contribution in [0.4, 0.5) is 13.6 Å². The van der Waals surface area contributed by atoms with Gasteiger partial charge in [-0.05, 0) is 12.1 Å². The van der Waals surface area contributed by atoms with Crippen molar-refractivity contribution in [2.45, 2.75) is 9.79 Å². The van der Waals surface area contributed by atoms with E-state index in [0.29, 0.717) is 0 Å². The third-order valence-electron chi connectivity index (χ3n) is 2.27. The second-order valence-electron chi connectivity index (χ2n) is 3.42. The second-order valence-corrected chi connectivity index (χ2v) is 6.02. The van der Waals surface area contributed by atoms with E-state index < -0.39 is 41.4 Å². The molecular formula is C8H6F2KN2O4S2. The van der Waals surface area contributed by atoms with Gasteiger partial charge in [0.1, 0.15) is 15.6 Å². The molecule has 99 valence electrons. The molecule has 11 heteroatoms. The van der Waals surface area contributed by atoms with E-state index in [0.717, 1.165) is 6.07 Å². The minimum atomic E-state index is -5.29. The molecule has 1 aromatic carbocycles. The molecular weight excluding hydrogens is 329 g/mol. The van der Waals surface area contributed by atoms with Crippen molar-refractivity contribution in [2.75, 3.05) is 5.73 Å². The van der Waals surface area contributed by atoms with Crippen LogP contribution < -0.4 is 5.73 Å². The number of nitrogens with one attached hydrogen (secondary N) is 1. The molecule has 19 heavy (non-hydrogen) atoms. The largest absolute Gasteiger partial charge is 0.384 e. The van der Waals surface area contributed by atoms with Crippen LogP contribution in [0, 0.1) is 0 Å². The molecule has 2 rings (SSSR count). The average Bonchev–Trinajstić information content (AvgIpc) is 2.50. The van der Waals surface area contributed by atoms with Crippen molar-refractivity contribution in [1.82, 2.24) is 4.98 Å². The van der Waals surface area contributed by atoms with Gasteiger partial charge in [0.2, 0.25) is 0 Å². The molecule has 0 saturated heterocycles. The number of hydrogen-bond donors (Lipinski definition) is 2. The Hall–Kier alpha value is -0.0436. The van der Waals surface area contributed by atoms with E-state index in [1.807, 2.05) is 0 Å². The molecule has 0 unspecified atom stereocenters. The minimum Gasteiger partial charge on any atom is -0.384 e. The van der Waals surface area contributed by atoms with Crippen molar-refractivity contribution in [3.63, 3.8) is 0 Å². The predicted octanol–water partition coefficient (Wildman–Crippen LogP) is 0.686. The van der Waals surface area contributed by atoms with E-state index >= 15 is 0 Å². The van der Waals surface area contributed by atoms with Crippen LogP contribution >= 0.6 is 0 Å². The van der Waals surface area contributed by atoms with Crippen LogP contribution in [0.2, 0.25) is 0 Å². The fraction of sp³-hybridized carbons (Fsp3) is 0. The monoisotopic (exact) mass is 335 g/mol. The van der Waals surface area contributed by atoms with Gasteiger partial charge in [-0.3, -0.25) is 0 Å². The van der Waals surface area contributed by atoms with Crippen molar-refractivity contribution in [3.05, 3.63) is 18.2 Å². The second kappa shape index (κ2) is 5.39. The number of anilines is 1. The molecule has 3 N–H and O–H groups in total. The fourth-order valence-corrected chi connectivity index (χ4v) is 3.20. The first-order chi connectivity index (χ1) is 8.12. The minimum absolute atomic E-state index is 0. The van der Waals surface area contributed by atoms with Crippen LogP contribution in [-0.2, 0) is 20.4 Å². The number of rotatable bonds is 2. The van der Waals surface area contributed by atoms with Gasteiger partial charge in [-0.1, -0.05) is 6.07 Å².